The maximum atomic E-state index is 15.0. The van der Waals surface area contributed by atoms with Crippen molar-refractivity contribution in [1.82, 2.24) is 9.80 Å². The number of likely N-dealkylation sites (tertiary alicyclic amines) is 1. The normalized spacial score (nSPS) is 24.9. The van der Waals surface area contributed by atoms with E-state index < -0.39 is 5.97 Å². The predicted molar refractivity (Wildman–Crippen MR) is 213 cm³/mol. The minimum absolute atomic E-state index is 0.0147. The predicted octanol–water partition coefficient (Wildman–Crippen LogP) is 8.60. The van der Waals surface area contributed by atoms with Gasteiger partial charge in [-0.15, -0.1) is 0 Å². The number of carbonyl (C=O) groups excluding carboxylic acids is 2. The first kappa shape index (κ1) is 36.0. The number of hydrogen-bond acceptors (Lipinski definition) is 6. The van der Waals surface area contributed by atoms with Gasteiger partial charge in [0, 0.05) is 61.0 Å². The van der Waals surface area contributed by atoms with Crippen LogP contribution in [0.2, 0.25) is 0 Å². The largest absolute Gasteiger partial charge is 0.508 e. The molecule has 7 heteroatoms. The molecule has 2 saturated carbocycles. The van der Waals surface area contributed by atoms with Crippen molar-refractivity contribution in [3.05, 3.63) is 125 Å². The van der Waals surface area contributed by atoms with Crippen LogP contribution in [0.5, 0.6) is 17.2 Å². The lowest BCUT2D eigenvalue weighted by atomic mass is 9.50. The van der Waals surface area contributed by atoms with Gasteiger partial charge in [0.15, 0.2) is 11.5 Å². The first-order valence-electron chi connectivity index (χ1n) is 20.8. The fraction of sp³-hybridized carbons (Fsp3) is 0.458. The molecule has 1 spiro atoms. The lowest BCUT2D eigenvalue weighted by molar-refractivity contribution is -0.143. The van der Waals surface area contributed by atoms with Crippen molar-refractivity contribution >= 4 is 11.9 Å². The van der Waals surface area contributed by atoms with E-state index in [0.29, 0.717) is 36.4 Å². The highest BCUT2D eigenvalue weighted by Gasteiger charge is 2.67. The van der Waals surface area contributed by atoms with Crippen molar-refractivity contribution in [2.24, 2.45) is 11.8 Å². The summed E-state index contributed by atoms with van der Waals surface area (Å²) < 4.78 is 13.0. The van der Waals surface area contributed by atoms with Gasteiger partial charge in [-0.2, -0.15) is 0 Å². The fourth-order valence-corrected chi connectivity index (χ4v) is 11.0. The van der Waals surface area contributed by atoms with Crippen LogP contribution in [0, 0.1) is 11.8 Å². The molecule has 1 N–H and O–H groups in total. The Morgan fingerprint density at radius 2 is 1.60 bits per heavy atom. The highest BCUT2D eigenvalue weighted by Crippen LogP contribution is 2.66. The standard InChI is InChI=1S/C48H54N2O5/c1-32(51)54-43-29-42(52)37-28-41-39-24-25-40(47-48(39,45(37)46(43)55-47)26-27-49(41)30-34-22-23-34)50(44(53)21-13-3-8-16-33-14-6-2-7-15-33)31-38(35-17-9-4-10-18-35)36-19-11-5-12-20-36/h2,4-7,9-12,14-15,17-20,29,34,38-41,47,52H,3,8,13,16,21-28,30-31H2,1H3/t39-,40+,41+,47-,48-/m0/s1. The summed E-state index contributed by atoms with van der Waals surface area (Å²) in [6, 6.07) is 33.5. The van der Waals surface area contributed by atoms with Crippen LogP contribution >= 0.6 is 0 Å². The van der Waals surface area contributed by atoms with Gasteiger partial charge in [-0.3, -0.25) is 14.5 Å². The Kier molecular flexibility index (Phi) is 9.92. The van der Waals surface area contributed by atoms with Crippen molar-refractivity contribution in [3.63, 3.8) is 0 Å². The molecule has 2 heterocycles. The van der Waals surface area contributed by atoms with Crippen LogP contribution in [0.25, 0.3) is 0 Å². The Labute approximate surface area is 325 Å². The van der Waals surface area contributed by atoms with E-state index in [9.17, 15) is 14.7 Å². The van der Waals surface area contributed by atoms with E-state index in [-0.39, 0.29) is 35.1 Å². The minimum atomic E-state index is -0.440. The molecule has 286 valence electrons. The number of unbranched alkanes of at least 4 members (excludes halogenated alkanes) is 2. The maximum Gasteiger partial charge on any atom is 0.308 e. The molecule has 7 nitrogen and oxygen atoms in total. The molecular formula is C48H54N2O5. The summed E-state index contributed by atoms with van der Waals surface area (Å²) >= 11 is 0. The molecule has 4 aromatic carbocycles. The van der Waals surface area contributed by atoms with Crippen LogP contribution in [-0.2, 0) is 27.8 Å². The number of phenolic OH excluding ortho intramolecular Hbond substituents is 1. The summed E-state index contributed by atoms with van der Waals surface area (Å²) in [4.78, 5) is 32.3. The van der Waals surface area contributed by atoms with Crippen molar-refractivity contribution in [2.45, 2.75) is 107 Å². The minimum Gasteiger partial charge on any atom is -0.508 e. The summed E-state index contributed by atoms with van der Waals surface area (Å²) in [5, 5.41) is 11.6. The van der Waals surface area contributed by atoms with Gasteiger partial charge in [0.2, 0.25) is 5.91 Å². The van der Waals surface area contributed by atoms with E-state index in [4.69, 9.17) is 9.47 Å². The highest BCUT2D eigenvalue weighted by molar-refractivity contribution is 5.77. The van der Waals surface area contributed by atoms with Gasteiger partial charge >= 0.3 is 5.97 Å². The molecule has 0 radical (unpaired) electrons. The number of ether oxygens (including phenoxy) is 2. The summed E-state index contributed by atoms with van der Waals surface area (Å²) in [5.41, 5.74) is 5.32. The van der Waals surface area contributed by atoms with E-state index >= 15 is 0 Å². The van der Waals surface area contributed by atoms with Crippen LogP contribution in [0.15, 0.2) is 97.1 Å². The highest BCUT2D eigenvalue weighted by atomic mass is 16.6. The summed E-state index contributed by atoms with van der Waals surface area (Å²) in [6.45, 7) is 4.03. The third-order valence-corrected chi connectivity index (χ3v) is 13.6. The van der Waals surface area contributed by atoms with Crippen LogP contribution in [0.4, 0.5) is 0 Å². The molecule has 4 aromatic rings. The second-order valence-electron chi connectivity index (χ2n) is 16.9. The van der Waals surface area contributed by atoms with Gasteiger partial charge in [0.1, 0.15) is 11.9 Å². The monoisotopic (exact) mass is 738 g/mol. The van der Waals surface area contributed by atoms with Crippen LogP contribution in [0.1, 0.15) is 98.4 Å². The fourth-order valence-electron chi connectivity index (χ4n) is 11.0. The van der Waals surface area contributed by atoms with Gasteiger partial charge < -0.3 is 19.5 Å². The number of carbonyl (C=O) groups is 2. The number of esters is 1. The van der Waals surface area contributed by atoms with Crippen molar-refractivity contribution in [1.29, 1.82) is 0 Å². The van der Waals surface area contributed by atoms with Crippen LogP contribution < -0.4 is 9.47 Å². The van der Waals surface area contributed by atoms with Crippen LogP contribution in [-0.4, -0.2) is 64.6 Å². The number of benzene rings is 4. The Morgan fingerprint density at radius 1 is 0.909 bits per heavy atom. The molecule has 1 amide bonds. The van der Waals surface area contributed by atoms with E-state index in [0.717, 1.165) is 81.5 Å². The Bertz CT molecular complexity index is 1960. The number of rotatable bonds is 14. The first-order chi connectivity index (χ1) is 26.9. The number of phenols is 1. The topological polar surface area (TPSA) is 79.3 Å². The van der Waals surface area contributed by atoms with Crippen molar-refractivity contribution < 1.29 is 24.2 Å². The number of aryl methyl sites for hydroxylation is 1. The molecule has 5 aliphatic rings. The summed E-state index contributed by atoms with van der Waals surface area (Å²) in [6.07, 6.45) is 10.2. The number of amides is 1. The Morgan fingerprint density at radius 3 is 2.27 bits per heavy atom. The number of hydrogen-bond donors (Lipinski definition) is 1. The number of piperidine rings is 1. The van der Waals surface area contributed by atoms with E-state index in [1.807, 2.05) is 0 Å². The van der Waals surface area contributed by atoms with E-state index in [1.54, 1.807) is 6.07 Å². The second-order valence-corrected chi connectivity index (χ2v) is 16.9. The molecule has 2 aliphatic heterocycles. The molecule has 3 aliphatic carbocycles. The van der Waals surface area contributed by atoms with Crippen LogP contribution in [0.3, 0.4) is 0 Å². The summed E-state index contributed by atoms with van der Waals surface area (Å²) in [7, 11) is 0. The Balaban J connectivity index is 1.08. The molecule has 3 fully saturated rings. The van der Waals surface area contributed by atoms with Gasteiger partial charge in [-0.25, -0.2) is 0 Å². The lowest BCUT2D eigenvalue weighted by Gasteiger charge is -2.60. The molecule has 2 bridgehead atoms. The molecule has 0 unspecified atom stereocenters. The van der Waals surface area contributed by atoms with E-state index in [1.165, 1.54) is 36.5 Å². The van der Waals surface area contributed by atoms with Gasteiger partial charge in [0.25, 0.3) is 0 Å². The third-order valence-electron chi connectivity index (χ3n) is 13.6. The van der Waals surface area contributed by atoms with E-state index in [2.05, 4.69) is 101 Å². The van der Waals surface area contributed by atoms with Gasteiger partial charge in [0.05, 0.1) is 6.04 Å². The third kappa shape index (κ3) is 6.83. The smallest absolute Gasteiger partial charge is 0.308 e. The molecule has 1 saturated heterocycles. The quantitative estimate of drug-likeness (QED) is 0.0794. The molecule has 0 aromatic heterocycles. The molecule has 5 atom stereocenters. The second kappa shape index (κ2) is 15.1. The Hall–Kier alpha value is -4.62. The SMILES string of the molecule is CC(=O)Oc1cc(O)c2c3c1O[C@H]1[C@H](N(CC(c4ccccc4)c4ccccc4)C(=O)CCCCCc4ccccc4)CC[C@H]4[C@@H](C2)N(CC2CC2)CC[C@@]341. The zero-order valence-electron chi connectivity index (χ0n) is 32.1. The summed E-state index contributed by atoms with van der Waals surface area (Å²) in [5.74, 6) is 1.92. The lowest BCUT2D eigenvalue weighted by Crippen LogP contribution is -2.69. The number of nitrogens with zero attached hydrogens (tertiary/aromatic N) is 2. The molecule has 55 heavy (non-hydrogen) atoms. The molecule has 9 rings (SSSR count). The average molecular weight is 739 g/mol. The average Bonchev–Trinajstić information content (AvgIpc) is 3.96. The van der Waals surface area contributed by atoms with Crippen molar-refractivity contribution in [2.75, 3.05) is 19.6 Å². The van der Waals surface area contributed by atoms with Gasteiger partial charge in [-0.1, -0.05) is 97.4 Å². The zero-order valence-corrected chi connectivity index (χ0v) is 32.1. The maximum absolute atomic E-state index is 15.0. The number of aromatic hydroxyl groups is 1. The van der Waals surface area contributed by atoms with Gasteiger partial charge in [-0.05, 0) is 92.9 Å². The zero-order chi connectivity index (χ0) is 37.5. The first-order valence-corrected chi connectivity index (χ1v) is 20.8. The molecular weight excluding hydrogens is 685 g/mol. The van der Waals surface area contributed by atoms with Crippen molar-refractivity contribution in [3.8, 4) is 17.2 Å².